The molecule has 4 atom stereocenters. The molecule has 2 aliphatic heterocycles. The molecule has 0 aliphatic carbocycles. The molecule has 162 valence electrons. The molecular weight excluding hydrogens is 404 g/mol. The van der Waals surface area contributed by atoms with E-state index in [9.17, 15) is 29.1 Å². The summed E-state index contributed by atoms with van der Waals surface area (Å²) in [5.74, 6) is -4.12. The summed E-state index contributed by atoms with van der Waals surface area (Å²) < 4.78 is 0. The van der Waals surface area contributed by atoms with Gasteiger partial charge in [-0.15, -0.1) is 0 Å². The fourth-order valence-electron chi connectivity index (χ4n) is 3.71. The van der Waals surface area contributed by atoms with Crippen molar-refractivity contribution < 1.29 is 34.2 Å². The Morgan fingerprint density at radius 3 is 2.17 bits per heavy atom. The number of amides is 3. The lowest BCUT2D eigenvalue weighted by atomic mass is 10.1. The number of hydrogen-bond acceptors (Lipinski definition) is 7. The number of aliphatic carboxylic acids is 2. The van der Waals surface area contributed by atoms with E-state index in [0.29, 0.717) is 38.8 Å². The van der Waals surface area contributed by atoms with Crippen LogP contribution < -0.4 is 11.1 Å². The van der Waals surface area contributed by atoms with Crippen molar-refractivity contribution in [3.05, 3.63) is 0 Å². The van der Waals surface area contributed by atoms with Crippen LogP contribution in [0.3, 0.4) is 0 Å². The van der Waals surface area contributed by atoms with Gasteiger partial charge in [0.1, 0.15) is 18.1 Å². The van der Waals surface area contributed by atoms with E-state index >= 15 is 0 Å². The van der Waals surface area contributed by atoms with Crippen LogP contribution in [0.25, 0.3) is 0 Å². The van der Waals surface area contributed by atoms with Crippen LogP contribution in [0, 0.1) is 0 Å². The molecule has 2 rings (SSSR count). The van der Waals surface area contributed by atoms with Crippen molar-refractivity contribution in [3.8, 4) is 0 Å². The highest BCUT2D eigenvalue weighted by Gasteiger charge is 2.43. The smallest absolute Gasteiger partial charge is 0.326 e. The number of thiol groups is 1. The number of carbonyl (C=O) groups is 5. The predicted octanol–water partition coefficient (Wildman–Crippen LogP) is -1.73. The van der Waals surface area contributed by atoms with Gasteiger partial charge in [-0.3, -0.25) is 19.2 Å². The average molecular weight is 430 g/mol. The molecule has 0 aromatic carbocycles. The van der Waals surface area contributed by atoms with Gasteiger partial charge in [-0.1, -0.05) is 0 Å². The van der Waals surface area contributed by atoms with Crippen molar-refractivity contribution in [2.24, 2.45) is 5.73 Å². The Labute approximate surface area is 173 Å². The van der Waals surface area contributed by atoms with Gasteiger partial charge < -0.3 is 31.1 Å². The van der Waals surface area contributed by atoms with Crippen LogP contribution >= 0.6 is 12.6 Å². The van der Waals surface area contributed by atoms with Crippen molar-refractivity contribution in [2.45, 2.75) is 56.3 Å². The Bertz CT molecular complexity index is 689. The second-order valence-corrected chi connectivity index (χ2v) is 7.53. The van der Waals surface area contributed by atoms with Gasteiger partial charge in [-0.2, -0.15) is 12.6 Å². The van der Waals surface area contributed by atoms with Crippen LogP contribution in [0.15, 0.2) is 0 Å². The van der Waals surface area contributed by atoms with E-state index in [1.165, 1.54) is 9.80 Å². The highest BCUT2D eigenvalue weighted by molar-refractivity contribution is 7.80. The molecule has 0 aromatic heterocycles. The zero-order valence-electron chi connectivity index (χ0n) is 15.8. The Hall–Kier alpha value is -2.34. The molecule has 2 aliphatic rings. The summed E-state index contributed by atoms with van der Waals surface area (Å²) in [6.45, 7) is 0.618. The summed E-state index contributed by atoms with van der Waals surface area (Å²) in [7, 11) is 0. The molecule has 3 amide bonds. The standard InChI is InChI=1S/C17H26N4O7S/c18-9(7-13(22)23)14(24)19-10(8-29)15(25)20-5-1-3-11(20)16(26)21-6-2-4-12(21)17(27)28/h9-12,29H,1-8,18H2,(H,19,24)(H,22,23)(H,27,28). The third-order valence-electron chi connectivity index (χ3n) is 5.17. The number of carbonyl (C=O) groups excluding carboxylic acids is 3. The van der Waals surface area contributed by atoms with E-state index in [1.54, 1.807) is 0 Å². The van der Waals surface area contributed by atoms with E-state index in [4.69, 9.17) is 10.8 Å². The average Bonchev–Trinajstić information content (AvgIpc) is 3.33. The molecule has 12 heteroatoms. The monoisotopic (exact) mass is 430 g/mol. The summed E-state index contributed by atoms with van der Waals surface area (Å²) in [4.78, 5) is 62.6. The second kappa shape index (κ2) is 9.92. The maximum atomic E-state index is 12.9. The van der Waals surface area contributed by atoms with E-state index in [2.05, 4.69) is 17.9 Å². The Kier molecular flexibility index (Phi) is 7.85. The molecule has 0 aromatic rings. The van der Waals surface area contributed by atoms with Gasteiger partial charge in [0.15, 0.2) is 0 Å². The number of likely N-dealkylation sites (tertiary alicyclic amines) is 2. The van der Waals surface area contributed by atoms with Crippen LogP contribution in [0.5, 0.6) is 0 Å². The lowest BCUT2D eigenvalue weighted by Crippen LogP contribution is -2.57. The van der Waals surface area contributed by atoms with E-state index in [-0.39, 0.29) is 5.75 Å². The molecule has 11 nitrogen and oxygen atoms in total. The zero-order chi connectivity index (χ0) is 21.7. The largest absolute Gasteiger partial charge is 0.481 e. The summed E-state index contributed by atoms with van der Waals surface area (Å²) >= 11 is 4.08. The topological polar surface area (TPSA) is 170 Å². The lowest BCUT2D eigenvalue weighted by Gasteiger charge is -2.32. The van der Waals surface area contributed by atoms with E-state index in [0.717, 1.165) is 0 Å². The Balaban J connectivity index is 2.07. The highest BCUT2D eigenvalue weighted by Crippen LogP contribution is 2.25. The molecule has 0 radical (unpaired) electrons. The Morgan fingerprint density at radius 2 is 1.62 bits per heavy atom. The first-order valence-corrected chi connectivity index (χ1v) is 10.0. The van der Waals surface area contributed by atoms with Crippen LogP contribution in [0.1, 0.15) is 32.1 Å². The lowest BCUT2D eigenvalue weighted by molar-refractivity contribution is -0.152. The van der Waals surface area contributed by atoms with Crippen molar-refractivity contribution in [3.63, 3.8) is 0 Å². The van der Waals surface area contributed by atoms with Gasteiger partial charge in [-0.05, 0) is 25.7 Å². The number of rotatable bonds is 8. The van der Waals surface area contributed by atoms with E-state index < -0.39 is 60.2 Å². The number of carboxylic acids is 2. The summed E-state index contributed by atoms with van der Waals surface area (Å²) in [6, 6.07) is -4.09. The predicted molar refractivity (Wildman–Crippen MR) is 103 cm³/mol. The molecular formula is C17H26N4O7S. The molecule has 0 bridgehead atoms. The van der Waals surface area contributed by atoms with Gasteiger partial charge >= 0.3 is 11.9 Å². The number of nitrogens with zero attached hydrogens (tertiary/aromatic N) is 2. The van der Waals surface area contributed by atoms with E-state index in [1.807, 2.05) is 0 Å². The first kappa shape index (κ1) is 22.9. The summed E-state index contributed by atoms with van der Waals surface area (Å²) in [5, 5.41) is 20.4. The van der Waals surface area contributed by atoms with Gasteiger partial charge in [-0.25, -0.2) is 4.79 Å². The first-order valence-electron chi connectivity index (χ1n) is 9.39. The molecule has 0 saturated carbocycles. The minimum atomic E-state index is -1.32. The quantitative estimate of drug-likeness (QED) is 0.283. The van der Waals surface area contributed by atoms with Crippen molar-refractivity contribution in [1.82, 2.24) is 15.1 Å². The van der Waals surface area contributed by atoms with Gasteiger partial charge in [0, 0.05) is 18.8 Å². The summed E-state index contributed by atoms with van der Waals surface area (Å²) in [6.07, 6.45) is 1.34. The Morgan fingerprint density at radius 1 is 1.03 bits per heavy atom. The molecule has 0 spiro atoms. The fraction of sp³-hybridized carbons (Fsp3) is 0.706. The molecule has 2 heterocycles. The minimum absolute atomic E-state index is 0.0662. The van der Waals surface area contributed by atoms with Gasteiger partial charge in [0.05, 0.1) is 12.5 Å². The minimum Gasteiger partial charge on any atom is -0.481 e. The van der Waals surface area contributed by atoms with Crippen molar-refractivity contribution >= 4 is 42.3 Å². The van der Waals surface area contributed by atoms with Crippen LogP contribution in [-0.2, 0) is 24.0 Å². The summed E-state index contributed by atoms with van der Waals surface area (Å²) in [5.41, 5.74) is 5.52. The first-order chi connectivity index (χ1) is 13.7. The van der Waals surface area contributed by atoms with Crippen LogP contribution in [0.4, 0.5) is 0 Å². The SMILES string of the molecule is NC(CC(=O)O)C(=O)NC(CS)C(=O)N1CCCC1C(=O)N1CCCC1C(=O)O. The molecule has 4 unspecified atom stereocenters. The van der Waals surface area contributed by atoms with Gasteiger partial charge in [0.25, 0.3) is 0 Å². The molecule has 2 fully saturated rings. The number of hydrogen-bond donors (Lipinski definition) is 5. The molecule has 5 N–H and O–H groups in total. The highest BCUT2D eigenvalue weighted by atomic mass is 32.1. The molecule has 29 heavy (non-hydrogen) atoms. The van der Waals surface area contributed by atoms with Gasteiger partial charge in [0.2, 0.25) is 17.7 Å². The third kappa shape index (κ3) is 5.38. The molecule has 2 saturated heterocycles. The number of nitrogens with one attached hydrogen (secondary N) is 1. The number of carboxylic acid groups (broad SMARTS) is 2. The fourth-order valence-corrected chi connectivity index (χ4v) is 3.96. The van der Waals surface area contributed by atoms with Crippen LogP contribution in [-0.4, -0.2) is 92.7 Å². The zero-order valence-corrected chi connectivity index (χ0v) is 16.7. The van der Waals surface area contributed by atoms with Crippen LogP contribution in [0.2, 0.25) is 0 Å². The normalized spacial score (nSPS) is 23.5. The number of nitrogens with two attached hydrogens (primary N) is 1. The maximum absolute atomic E-state index is 12.9. The maximum Gasteiger partial charge on any atom is 0.326 e. The van der Waals surface area contributed by atoms with Crippen molar-refractivity contribution in [2.75, 3.05) is 18.8 Å². The third-order valence-corrected chi connectivity index (χ3v) is 5.54. The second-order valence-electron chi connectivity index (χ2n) is 7.17. The van der Waals surface area contributed by atoms with Crippen molar-refractivity contribution in [1.29, 1.82) is 0 Å².